The van der Waals surface area contributed by atoms with Crippen LogP contribution in [0.3, 0.4) is 0 Å². The fraction of sp³-hybridized carbons (Fsp3) is 0.429. The molecule has 0 aromatic heterocycles. The number of aryl methyl sites for hydroxylation is 1. The van der Waals surface area contributed by atoms with Gasteiger partial charge in [0.25, 0.3) is 0 Å². The minimum absolute atomic E-state index is 0.0444. The fourth-order valence-corrected chi connectivity index (χ4v) is 2.27. The minimum Gasteiger partial charge on any atom is -0.468 e. The van der Waals surface area contributed by atoms with Gasteiger partial charge in [0.2, 0.25) is 5.91 Å². The Kier molecular flexibility index (Phi) is 6.42. The molecule has 0 spiro atoms. The number of ether oxygens (including phenoxy) is 1. The van der Waals surface area contributed by atoms with E-state index in [1.165, 1.54) is 18.9 Å². The Morgan fingerprint density at radius 3 is 2.74 bits per heavy atom. The van der Waals surface area contributed by atoms with Gasteiger partial charge in [-0.3, -0.25) is 9.59 Å². The summed E-state index contributed by atoms with van der Waals surface area (Å²) in [6, 6.07) is 7.81. The number of anilines is 1. The van der Waals surface area contributed by atoms with E-state index >= 15 is 0 Å². The molecule has 1 aromatic rings. The number of hydrogen-bond donors (Lipinski definition) is 0. The molecule has 1 rings (SSSR count). The van der Waals surface area contributed by atoms with E-state index in [0.29, 0.717) is 12.2 Å². The highest BCUT2D eigenvalue weighted by Gasteiger charge is 2.11. The van der Waals surface area contributed by atoms with Crippen LogP contribution >= 0.6 is 11.8 Å². The minimum atomic E-state index is -0.260. The molecule has 0 fully saturated rings. The van der Waals surface area contributed by atoms with Gasteiger partial charge in [0, 0.05) is 24.9 Å². The lowest BCUT2D eigenvalue weighted by molar-refractivity contribution is -0.137. The molecule has 4 nitrogen and oxygen atoms in total. The molecular formula is C14H19NO3S. The van der Waals surface area contributed by atoms with Crippen molar-refractivity contribution in [3.8, 4) is 0 Å². The van der Waals surface area contributed by atoms with Gasteiger partial charge >= 0.3 is 5.97 Å². The zero-order valence-electron chi connectivity index (χ0n) is 11.5. The smallest absolute Gasteiger partial charge is 0.315 e. The second-order valence-corrected chi connectivity index (χ2v) is 5.28. The van der Waals surface area contributed by atoms with Crippen LogP contribution in [0.25, 0.3) is 0 Å². The van der Waals surface area contributed by atoms with Gasteiger partial charge < -0.3 is 9.64 Å². The van der Waals surface area contributed by atoms with Crippen LogP contribution in [0.5, 0.6) is 0 Å². The van der Waals surface area contributed by atoms with Crippen LogP contribution in [0.15, 0.2) is 24.3 Å². The van der Waals surface area contributed by atoms with Crippen molar-refractivity contribution in [3.05, 3.63) is 29.8 Å². The summed E-state index contributed by atoms with van der Waals surface area (Å²) in [4.78, 5) is 24.5. The summed E-state index contributed by atoms with van der Waals surface area (Å²) in [7, 11) is 3.13. The van der Waals surface area contributed by atoms with Crippen LogP contribution in [-0.2, 0) is 14.3 Å². The second kappa shape index (κ2) is 7.84. The Balaban J connectivity index is 2.39. The molecule has 0 saturated heterocycles. The molecule has 0 saturated carbocycles. The number of methoxy groups -OCH3 is 1. The summed E-state index contributed by atoms with van der Waals surface area (Å²) in [6.07, 6.45) is 0.409. The van der Waals surface area contributed by atoms with Gasteiger partial charge in [0.05, 0.1) is 12.9 Å². The first kappa shape index (κ1) is 15.6. The van der Waals surface area contributed by atoms with Gasteiger partial charge in [-0.1, -0.05) is 12.1 Å². The van der Waals surface area contributed by atoms with Gasteiger partial charge in [-0.2, -0.15) is 0 Å². The molecule has 1 amide bonds. The van der Waals surface area contributed by atoms with E-state index in [4.69, 9.17) is 0 Å². The highest BCUT2D eigenvalue weighted by Crippen LogP contribution is 2.15. The van der Waals surface area contributed by atoms with Crippen LogP contribution < -0.4 is 4.90 Å². The van der Waals surface area contributed by atoms with Gasteiger partial charge in [-0.15, -0.1) is 11.8 Å². The number of carbonyl (C=O) groups excluding carboxylic acids is 2. The molecule has 0 aliphatic carbocycles. The van der Waals surface area contributed by atoms with Crippen LogP contribution in [0.2, 0.25) is 0 Å². The lowest BCUT2D eigenvalue weighted by atomic mass is 10.2. The third kappa shape index (κ3) is 5.34. The summed E-state index contributed by atoms with van der Waals surface area (Å²) in [5.41, 5.74) is 2.01. The third-order valence-corrected chi connectivity index (χ3v) is 3.60. The van der Waals surface area contributed by atoms with E-state index < -0.39 is 0 Å². The van der Waals surface area contributed by atoms with Crippen molar-refractivity contribution in [2.75, 3.05) is 30.6 Å². The van der Waals surface area contributed by atoms with Crippen LogP contribution in [-0.4, -0.2) is 37.5 Å². The molecule has 0 aliphatic rings. The summed E-state index contributed by atoms with van der Waals surface area (Å²) in [6.45, 7) is 1.99. The van der Waals surface area contributed by atoms with Crippen molar-refractivity contribution in [3.63, 3.8) is 0 Å². The number of carbonyl (C=O) groups is 2. The SMILES string of the molecule is COC(=O)CSCCC(=O)N(C)c1cccc(C)c1. The average molecular weight is 281 g/mol. The van der Waals surface area contributed by atoms with E-state index in [2.05, 4.69) is 4.74 Å². The van der Waals surface area contributed by atoms with Crippen molar-refractivity contribution in [2.24, 2.45) is 0 Å². The Bertz CT molecular complexity index is 448. The first-order valence-electron chi connectivity index (χ1n) is 6.02. The molecule has 0 radical (unpaired) electrons. The first-order chi connectivity index (χ1) is 9.04. The molecule has 104 valence electrons. The number of nitrogens with zero attached hydrogens (tertiary/aromatic N) is 1. The maximum absolute atomic E-state index is 12.0. The van der Waals surface area contributed by atoms with E-state index in [-0.39, 0.29) is 17.6 Å². The Morgan fingerprint density at radius 1 is 1.37 bits per heavy atom. The Labute approximate surface area is 118 Å². The standard InChI is InChI=1S/C14H19NO3S/c1-11-5-4-6-12(9-11)15(2)13(16)7-8-19-10-14(17)18-3/h4-6,9H,7-8,10H2,1-3H3. The largest absolute Gasteiger partial charge is 0.468 e. The number of hydrogen-bond acceptors (Lipinski definition) is 4. The molecule has 1 aromatic carbocycles. The maximum Gasteiger partial charge on any atom is 0.315 e. The quantitative estimate of drug-likeness (QED) is 0.593. The van der Waals surface area contributed by atoms with Crippen LogP contribution in [0.1, 0.15) is 12.0 Å². The van der Waals surface area contributed by atoms with E-state index in [1.807, 2.05) is 31.2 Å². The molecule has 0 heterocycles. The number of thioether (sulfide) groups is 1. The van der Waals surface area contributed by atoms with E-state index in [0.717, 1.165) is 11.3 Å². The first-order valence-corrected chi connectivity index (χ1v) is 7.18. The van der Waals surface area contributed by atoms with Crippen LogP contribution in [0.4, 0.5) is 5.69 Å². The molecule has 0 atom stereocenters. The Hall–Kier alpha value is -1.49. The summed E-state index contributed by atoms with van der Waals surface area (Å²) in [5.74, 6) is 0.689. The molecule has 5 heteroatoms. The molecule has 19 heavy (non-hydrogen) atoms. The van der Waals surface area contributed by atoms with Gasteiger partial charge in [-0.25, -0.2) is 0 Å². The van der Waals surface area contributed by atoms with E-state index in [1.54, 1.807) is 11.9 Å². The normalized spacial score (nSPS) is 10.1. The van der Waals surface area contributed by atoms with Crippen LogP contribution in [0, 0.1) is 6.92 Å². The lowest BCUT2D eigenvalue weighted by Gasteiger charge is -2.17. The van der Waals surface area contributed by atoms with E-state index in [9.17, 15) is 9.59 Å². The zero-order valence-corrected chi connectivity index (χ0v) is 12.3. The third-order valence-electron chi connectivity index (χ3n) is 2.67. The summed E-state index contributed by atoms with van der Waals surface area (Å²) < 4.78 is 4.53. The van der Waals surface area contributed by atoms with Gasteiger partial charge in [-0.05, 0) is 24.6 Å². The fourth-order valence-electron chi connectivity index (χ4n) is 1.52. The number of benzene rings is 1. The molecule has 0 N–H and O–H groups in total. The zero-order chi connectivity index (χ0) is 14.3. The molecule has 0 bridgehead atoms. The summed E-state index contributed by atoms with van der Waals surface area (Å²) >= 11 is 1.41. The number of esters is 1. The summed E-state index contributed by atoms with van der Waals surface area (Å²) in [5, 5.41) is 0. The molecule has 0 aliphatic heterocycles. The number of rotatable bonds is 6. The van der Waals surface area contributed by atoms with Crippen molar-refractivity contribution in [1.82, 2.24) is 0 Å². The highest BCUT2D eigenvalue weighted by molar-refractivity contribution is 7.99. The second-order valence-electron chi connectivity index (χ2n) is 4.17. The molecular weight excluding hydrogens is 262 g/mol. The predicted molar refractivity (Wildman–Crippen MR) is 78.5 cm³/mol. The van der Waals surface area contributed by atoms with Gasteiger partial charge in [0.15, 0.2) is 0 Å². The number of amides is 1. The van der Waals surface area contributed by atoms with Crippen molar-refractivity contribution < 1.29 is 14.3 Å². The lowest BCUT2D eigenvalue weighted by Crippen LogP contribution is -2.26. The highest BCUT2D eigenvalue weighted by atomic mass is 32.2. The van der Waals surface area contributed by atoms with Gasteiger partial charge in [0.1, 0.15) is 0 Å². The monoisotopic (exact) mass is 281 g/mol. The Morgan fingerprint density at radius 2 is 2.11 bits per heavy atom. The average Bonchev–Trinajstić information content (AvgIpc) is 2.42. The maximum atomic E-state index is 12.0. The van der Waals surface area contributed by atoms with Crippen molar-refractivity contribution in [1.29, 1.82) is 0 Å². The predicted octanol–water partition coefficient (Wildman–Crippen LogP) is 2.25. The van der Waals surface area contributed by atoms with Crippen molar-refractivity contribution >= 4 is 29.3 Å². The topological polar surface area (TPSA) is 46.6 Å². The van der Waals surface area contributed by atoms with Crippen molar-refractivity contribution in [2.45, 2.75) is 13.3 Å². The molecule has 0 unspecified atom stereocenters.